The van der Waals surface area contributed by atoms with Gasteiger partial charge in [-0.05, 0) is 22.8 Å². The number of hydrogen-bond donors (Lipinski definition) is 1. The Labute approximate surface area is 139 Å². The third kappa shape index (κ3) is 3.13. The molecule has 0 aliphatic heterocycles. The zero-order valence-corrected chi connectivity index (χ0v) is 13.6. The van der Waals surface area contributed by atoms with Crippen LogP contribution in [0.2, 0.25) is 0 Å². The number of nitrogen functional groups attached to an aromatic ring is 1. The minimum atomic E-state index is 0.264. The van der Waals surface area contributed by atoms with Crippen molar-refractivity contribution in [1.29, 1.82) is 5.26 Å². The van der Waals surface area contributed by atoms with Crippen LogP contribution in [0.5, 0.6) is 0 Å². The Morgan fingerprint density at radius 3 is 2.70 bits per heavy atom. The van der Waals surface area contributed by atoms with Crippen molar-refractivity contribution >= 4 is 28.4 Å². The van der Waals surface area contributed by atoms with E-state index in [9.17, 15) is 0 Å². The van der Waals surface area contributed by atoms with E-state index in [4.69, 9.17) is 11.0 Å². The number of aryl methyl sites for hydroxylation is 1. The monoisotopic (exact) mass is 320 g/mol. The van der Waals surface area contributed by atoms with Crippen LogP contribution in [-0.2, 0) is 12.2 Å². The number of nitrogens with zero attached hydrogens (tertiary/aromatic N) is 3. The molecule has 0 aliphatic rings. The summed E-state index contributed by atoms with van der Waals surface area (Å²) in [5.41, 5.74) is 8.21. The molecule has 114 valence electrons. The first-order valence-corrected chi connectivity index (χ1v) is 8.37. The predicted octanol–water partition coefficient (Wildman–Crippen LogP) is 3.94. The lowest BCUT2D eigenvalue weighted by Crippen LogP contribution is -2.04. The SMILES string of the molecule is CCc1nc(SCc2cccc3ccccc23)nc(N)c1C#N. The molecular weight excluding hydrogens is 304 g/mol. The van der Waals surface area contributed by atoms with Crippen LogP contribution in [0.3, 0.4) is 0 Å². The quantitative estimate of drug-likeness (QED) is 0.582. The van der Waals surface area contributed by atoms with E-state index in [1.54, 1.807) is 0 Å². The highest BCUT2D eigenvalue weighted by molar-refractivity contribution is 7.98. The van der Waals surface area contributed by atoms with Crippen LogP contribution >= 0.6 is 11.8 Å². The zero-order chi connectivity index (χ0) is 16.2. The highest BCUT2D eigenvalue weighted by Gasteiger charge is 2.11. The van der Waals surface area contributed by atoms with Gasteiger partial charge < -0.3 is 5.73 Å². The van der Waals surface area contributed by atoms with Gasteiger partial charge in [0.15, 0.2) is 5.16 Å². The molecule has 3 aromatic rings. The van der Waals surface area contributed by atoms with Gasteiger partial charge in [-0.3, -0.25) is 0 Å². The van der Waals surface area contributed by atoms with Gasteiger partial charge in [-0.25, -0.2) is 9.97 Å². The average Bonchev–Trinajstić information content (AvgIpc) is 2.59. The van der Waals surface area contributed by atoms with Crippen LogP contribution in [0, 0.1) is 11.3 Å². The van der Waals surface area contributed by atoms with Gasteiger partial charge in [0.2, 0.25) is 0 Å². The van der Waals surface area contributed by atoms with Crippen LogP contribution < -0.4 is 5.73 Å². The number of benzene rings is 2. The molecule has 0 fully saturated rings. The summed E-state index contributed by atoms with van der Waals surface area (Å²) in [5.74, 6) is 1.02. The third-order valence-corrected chi connectivity index (χ3v) is 4.57. The first kappa shape index (κ1) is 15.3. The Morgan fingerprint density at radius 1 is 1.13 bits per heavy atom. The van der Waals surface area contributed by atoms with E-state index in [1.807, 2.05) is 19.1 Å². The number of anilines is 1. The second-order valence-electron chi connectivity index (χ2n) is 5.11. The molecule has 3 rings (SSSR count). The lowest BCUT2D eigenvalue weighted by atomic mass is 10.1. The first-order valence-electron chi connectivity index (χ1n) is 7.39. The maximum Gasteiger partial charge on any atom is 0.190 e. The number of hydrogen-bond acceptors (Lipinski definition) is 5. The molecule has 0 bridgehead atoms. The van der Waals surface area contributed by atoms with Gasteiger partial charge in [-0.2, -0.15) is 5.26 Å². The molecule has 0 saturated carbocycles. The topological polar surface area (TPSA) is 75.6 Å². The fourth-order valence-electron chi connectivity index (χ4n) is 2.51. The summed E-state index contributed by atoms with van der Waals surface area (Å²) < 4.78 is 0. The maximum absolute atomic E-state index is 9.13. The van der Waals surface area contributed by atoms with Crippen molar-refractivity contribution in [3.05, 3.63) is 59.3 Å². The largest absolute Gasteiger partial charge is 0.382 e. The molecule has 0 aliphatic carbocycles. The minimum absolute atomic E-state index is 0.264. The van der Waals surface area contributed by atoms with Crippen molar-refractivity contribution in [3.8, 4) is 6.07 Å². The van der Waals surface area contributed by atoms with Crippen molar-refractivity contribution in [3.63, 3.8) is 0 Å². The zero-order valence-electron chi connectivity index (χ0n) is 12.8. The Kier molecular flexibility index (Phi) is 4.45. The van der Waals surface area contributed by atoms with Crippen LogP contribution in [0.4, 0.5) is 5.82 Å². The predicted molar refractivity (Wildman–Crippen MR) is 94.0 cm³/mol. The Bertz CT molecular complexity index is 894. The normalized spacial score (nSPS) is 10.6. The van der Waals surface area contributed by atoms with E-state index < -0.39 is 0 Å². The Balaban J connectivity index is 1.88. The highest BCUT2D eigenvalue weighted by atomic mass is 32.2. The van der Waals surface area contributed by atoms with Crippen LogP contribution in [0.25, 0.3) is 10.8 Å². The van der Waals surface area contributed by atoms with Gasteiger partial charge in [0.1, 0.15) is 17.5 Å². The van der Waals surface area contributed by atoms with Gasteiger partial charge in [-0.15, -0.1) is 0 Å². The molecule has 2 N–H and O–H groups in total. The molecule has 4 nitrogen and oxygen atoms in total. The van der Waals surface area contributed by atoms with E-state index in [2.05, 4.69) is 46.4 Å². The first-order chi connectivity index (χ1) is 11.2. The molecule has 2 aromatic carbocycles. The van der Waals surface area contributed by atoms with Crippen LogP contribution in [0.15, 0.2) is 47.6 Å². The number of rotatable bonds is 4. The van der Waals surface area contributed by atoms with E-state index in [-0.39, 0.29) is 5.82 Å². The summed E-state index contributed by atoms with van der Waals surface area (Å²) in [4.78, 5) is 8.72. The van der Waals surface area contributed by atoms with Crippen molar-refractivity contribution in [2.75, 3.05) is 5.73 Å². The molecule has 1 heterocycles. The highest BCUT2D eigenvalue weighted by Crippen LogP contribution is 2.27. The summed E-state index contributed by atoms with van der Waals surface area (Å²) in [6.45, 7) is 1.96. The standard InChI is InChI=1S/C18H16N4S/c1-2-16-15(10-19)17(20)22-18(21-16)23-11-13-8-5-7-12-6-3-4-9-14(12)13/h3-9H,2,11H2,1H3,(H2,20,21,22). The van der Waals surface area contributed by atoms with Gasteiger partial charge in [0.05, 0.1) is 5.69 Å². The van der Waals surface area contributed by atoms with Crippen molar-refractivity contribution in [2.24, 2.45) is 0 Å². The number of nitriles is 1. The lowest BCUT2D eigenvalue weighted by Gasteiger charge is -2.08. The van der Waals surface area contributed by atoms with E-state index in [0.717, 1.165) is 5.75 Å². The molecule has 0 unspecified atom stereocenters. The molecule has 0 atom stereocenters. The van der Waals surface area contributed by atoms with Crippen LogP contribution in [-0.4, -0.2) is 9.97 Å². The number of aromatic nitrogens is 2. The van der Waals surface area contributed by atoms with Crippen LogP contribution in [0.1, 0.15) is 23.7 Å². The molecule has 0 saturated heterocycles. The molecule has 0 spiro atoms. The fraction of sp³-hybridized carbons (Fsp3) is 0.167. The number of nitrogens with two attached hydrogens (primary N) is 1. The van der Waals surface area contributed by atoms with Crippen molar-refractivity contribution < 1.29 is 0 Å². The lowest BCUT2D eigenvalue weighted by molar-refractivity contribution is 0.888. The maximum atomic E-state index is 9.13. The van der Waals surface area contributed by atoms with Gasteiger partial charge in [0, 0.05) is 5.75 Å². The molecule has 0 radical (unpaired) electrons. The Morgan fingerprint density at radius 2 is 1.91 bits per heavy atom. The number of fused-ring (bicyclic) bond motifs is 1. The van der Waals surface area contributed by atoms with Crippen molar-refractivity contribution in [1.82, 2.24) is 9.97 Å². The van der Waals surface area contributed by atoms with E-state index in [1.165, 1.54) is 28.1 Å². The average molecular weight is 320 g/mol. The summed E-state index contributed by atoms with van der Waals surface area (Å²) in [7, 11) is 0. The van der Waals surface area contributed by atoms with Crippen molar-refractivity contribution in [2.45, 2.75) is 24.3 Å². The summed E-state index contributed by atoms with van der Waals surface area (Å²) in [5, 5.41) is 12.2. The molecule has 5 heteroatoms. The second kappa shape index (κ2) is 6.67. The number of thioether (sulfide) groups is 1. The molecular formula is C18H16N4S. The van der Waals surface area contributed by atoms with Gasteiger partial charge in [-0.1, -0.05) is 61.2 Å². The summed E-state index contributed by atoms with van der Waals surface area (Å²) in [6.07, 6.45) is 0.664. The van der Waals surface area contributed by atoms with Gasteiger partial charge in [0.25, 0.3) is 0 Å². The van der Waals surface area contributed by atoms with E-state index in [0.29, 0.717) is 22.8 Å². The second-order valence-corrected chi connectivity index (χ2v) is 6.05. The molecule has 0 amide bonds. The van der Waals surface area contributed by atoms with E-state index >= 15 is 0 Å². The van der Waals surface area contributed by atoms with Gasteiger partial charge >= 0.3 is 0 Å². The summed E-state index contributed by atoms with van der Waals surface area (Å²) >= 11 is 1.54. The third-order valence-electron chi connectivity index (χ3n) is 3.67. The fourth-order valence-corrected chi connectivity index (χ4v) is 3.38. The Hall–Kier alpha value is -2.58. The molecule has 23 heavy (non-hydrogen) atoms. The smallest absolute Gasteiger partial charge is 0.190 e. The minimum Gasteiger partial charge on any atom is -0.382 e. The molecule has 1 aromatic heterocycles. The summed E-state index contributed by atoms with van der Waals surface area (Å²) in [6, 6.07) is 16.7.